The molecule has 1 aromatic rings. The van der Waals surface area contributed by atoms with Crippen LogP contribution in [0.15, 0.2) is 53.0 Å². The maximum atomic E-state index is 9.32. The van der Waals surface area contributed by atoms with E-state index in [1.807, 2.05) is 25.1 Å². The first-order chi connectivity index (χ1) is 13.7. The van der Waals surface area contributed by atoms with Crippen LogP contribution >= 0.6 is 0 Å². The minimum Gasteiger partial charge on any atom is -0.466 e. The lowest BCUT2D eigenvalue weighted by Gasteiger charge is -2.51. The molecule has 1 aromatic carbocycles. The van der Waals surface area contributed by atoms with Gasteiger partial charge in [0, 0.05) is 35.7 Å². The highest BCUT2D eigenvalue weighted by Crippen LogP contribution is 2.52. The van der Waals surface area contributed by atoms with Crippen LogP contribution < -0.4 is 4.90 Å². The number of nitriles is 2. The Kier molecular flexibility index (Phi) is 4.35. The zero-order chi connectivity index (χ0) is 21.0. The Bertz CT molecular complexity index is 1040. The average Bonchev–Trinajstić information content (AvgIpc) is 2.67. The van der Waals surface area contributed by atoms with Crippen LogP contribution in [0.25, 0.3) is 0 Å². The van der Waals surface area contributed by atoms with Crippen molar-refractivity contribution < 1.29 is 4.74 Å². The lowest BCUT2D eigenvalue weighted by Crippen LogP contribution is -2.50. The number of allylic oxidation sites excluding steroid dienone is 5. The van der Waals surface area contributed by atoms with Gasteiger partial charge < -0.3 is 9.64 Å². The molecule has 0 aliphatic carbocycles. The Balaban J connectivity index is 1.85. The Labute approximate surface area is 173 Å². The molecule has 148 valence electrons. The van der Waals surface area contributed by atoms with Gasteiger partial charge in [-0.2, -0.15) is 10.5 Å². The summed E-state index contributed by atoms with van der Waals surface area (Å²) in [7, 11) is 0. The molecular formula is C25H27N3O. The van der Waals surface area contributed by atoms with Crippen molar-refractivity contribution in [2.45, 2.75) is 51.9 Å². The Morgan fingerprint density at radius 3 is 2.48 bits per heavy atom. The summed E-state index contributed by atoms with van der Waals surface area (Å²) < 4.78 is 6.17. The van der Waals surface area contributed by atoms with E-state index in [0.717, 1.165) is 31.0 Å². The number of benzene rings is 1. The number of anilines is 1. The molecule has 3 aliphatic heterocycles. The largest absolute Gasteiger partial charge is 0.466 e. The number of ether oxygens (including phenoxy) is 1. The van der Waals surface area contributed by atoms with Crippen molar-refractivity contribution in [3.8, 4) is 12.1 Å². The Hall–Kier alpha value is -2.98. The molecule has 0 fully saturated rings. The summed E-state index contributed by atoms with van der Waals surface area (Å²) in [5, 5.41) is 18.6. The van der Waals surface area contributed by atoms with Crippen LogP contribution in [0.2, 0.25) is 0 Å². The van der Waals surface area contributed by atoms with Crippen molar-refractivity contribution in [1.29, 1.82) is 10.5 Å². The SMILES string of the molecule is CC1=CC(=C(C#N)C#N)C=C(C2CN3CCC(C)(C)c4cccc(c43)C2(C)C)O1. The van der Waals surface area contributed by atoms with Gasteiger partial charge in [0.15, 0.2) is 0 Å². The fraction of sp³-hybridized carbons (Fsp3) is 0.440. The second-order valence-corrected chi connectivity index (χ2v) is 9.51. The second-order valence-electron chi connectivity index (χ2n) is 9.51. The quantitative estimate of drug-likeness (QED) is 0.620. The zero-order valence-electron chi connectivity index (χ0n) is 17.8. The number of hydrogen-bond acceptors (Lipinski definition) is 4. The van der Waals surface area contributed by atoms with Gasteiger partial charge in [0.25, 0.3) is 0 Å². The smallest absolute Gasteiger partial charge is 0.137 e. The Morgan fingerprint density at radius 2 is 1.79 bits per heavy atom. The van der Waals surface area contributed by atoms with Gasteiger partial charge in [-0.1, -0.05) is 45.9 Å². The van der Waals surface area contributed by atoms with Crippen molar-refractivity contribution in [2.75, 3.05) is 18.0 Å². The van der Waals surface area contributed by atoms with Gasteiger partial charge in [0.05, 0.1) is 0 Å². The highest BCUT2D eigenvalue weighted by Gasteiger charge is 2.46. The molecule has 29 heavy (non-hydrogen) atoms. The maximum Gasteiger partial charge on any atom is 0.137 e. The molecule has 0 spiro atoms. The maximum absolute atomic E-state index is 9.32. The first kappa shape index (κ1) is 19.3. The summed E-state index contributed by atoms with van der Waals surface area (Å²) in [6.07, 6.45) is 4.79. The molecule has 0 amide bonds. The van der Waals surface area contributed by atoms with Crippen molar-refractivity contribution in [1.82, 2.24) is 0 Å². The monoisotopic (exact) mass is 385 g/mol. The molecule has 0 N–H and O–H groups in total. The molecule has 4 heteroatoms. The van der Waals surface area contributed by atoms with Crippen molar-refractivity contribution >= 4 is 5.69 Å². The molecule has 4 nitrogen and oxygen atoms in total. The van der Waals surface area contributed by atoms with Crippen molar-refractivity contribution in [3.63, 3.8) is 0 Å². The summed E-state index contributed by atoms with van der Waals surface area (Å²) in [5.74, 6) is 1.69. The summed E-state index contributed by atoms with van der Waals surface area (Å²) >= 11 is 0. The molecular weight excluding hydrogens is 358 g/mol. The molecule has 1 atom stereocenters. The highest BCUT2D eigenvalue weighted by atomic mass is 16.5. The van der Waals surface area contributed by atoms with E-state index in [1.54, 1.807) is 6.08 Å². The molecule has 0 bridgehead atoms. The van der Waals surface area contributed by atoms with E-state index < -0.39 is 0 Å². The standard InChI is InChI=1S/C25H27N3O/c1-16-11-17(18(13-26)14-27)12-22(29-16)21-15-28-10-9-24(2,3)19-7-6-8-20(23(19)28)25(21,4)5/h6-8,11-12,21H,9-10,15H2,1-5H3. The van der Waals surface area contributed by atoms with Gasteiger partial charge in [-0.25, -0.2) is 0 Å². The number of rotatable bonds is 1. The van der Waals surface area contributed by atoms with E-state index in [2.05, 4.69) is 50.8 Å². The fourth-order valence-electron chi connectivity index (χ4n) is 5.00. The molecule has 3 heterocycles. The van der Waals surface area contributed by atoms with Gasteiger partial charge in [-0.15, -0.1) is 0 Å². The van der Waals surface area contributed by atoms with Crippen LogP contribution in [0.4, 0.5) is 5.69 Å². The lowest BCUT2D eigenvalue weighted by atomic mass is 9.65. The van der Waals surface area contributed by atoms with E-state index >= 15 is 0 Å². The zero-order valence-corrected chi connectivity index (χ0v) is 17.8. The van der Waals surface area contributed by atoms with Gasteiger partial charge in [-0.3, -0.25) is 0 Å². The molecule has 4 rings (SSSR count). The van der Waals surface area contributed by atoms with Gasteiger partial charge >= 0.3 is 0 Å². The van der Waals surface area contributed by atoms with Crippen LogP contribution in [0.3, 0.4) is 0 Å². The third kappa shape index (κ3) is 2.95. The molecule has 0 saturated heterocycles. The Morgan fingerprint density at radius 1 is 1.10 bits per heavy atom. The first-order valence-electron chi connectivity index (χ1n) is 10.2. The van der Waals surface area contributed by atoms with Crippen LogP contribution in [0.1, 0.15) is 52.2 Å². The van der Waals surface area contributed by atoms with Gasteiger partial charge in [-0.05, 0) is 42.0 Å². The highest BCUT2D eigenvalue weighted by molar-refractivity contribution is 5.68. The van der Waals surface area contributed by atoms with E-state index in [-0.39, 0.29) is 22.3 Å². The first-order valence-corrected chi connectivity index (χ1v) is 10.2. The third-order valence-electron chi connectivity index (χ3n) is 6.85. The average molecular weight is 386 g/mol. The summed E-state index contributed by atoms with van der Waals surface area (Å²) in [5.41, 5.74) is 4.98. The summed E-state index contributed by atoms with van der Waals surface area (Å²) in [4.78, 5) is 2.50. The third-order valence-corrected chi connectivity index (χ3v) is 6.85. The van der Waals surface area contributed by atoms with Crippen LogP contribution in [-0.2, 0) is 15.6 Å². The van der Waals surface area contributed by atoms with E-state index in [4.69, 9.17) is 4.74 Å². The minimum atomic E-state index is -0.136. The van der Waals surface area contributed by atoms with Gasteiger partial charge in [0.2, 0.25) is 0 Å². The molecule has 0 saturated carbocycles. The van der Waals surface area contributed by atoms with Crippen molar-refractivity contribution in [3.05, 3.63) is 64.1 Å². The van der Waals surface area contributed by atoms with E-state index in [9.17, 15) is 10.5 Å². The number of nitrogens with zero attached hydrogens (tertiary/aromatic N) is 3. The predicted octanol–water partition coefficient (Wildman–Crippen LogP) is 5.24. The lowest BCUT2D eigenvalue weighted by molar-refractivity contribution is 0.197. The molecule has 3 aliphatic rings. The van der Waals surface area contributed by atoms with Crippen molar-refractivity contribution in [2.24, 2.45) is 5.92 Å². The van der Waals surface area contributed by atoms with Gasteiger partial charge in [0.1, 0.15) is 29.2 Å². The minimum absolute atomic E-state index is 0.126. The molecule has 0 aromatic heterocycles. The number of para-hydroxylation sites is 1. The molecule has 0 radical (unpaired) electrons. The second kappa shape index (κ2) is 6.53. The summed E-state index contributed by atoms with van der Waals surface area (Å²) in [6, 6.07) is 10.7. The van der Waals surface area contributed by atoms with Crippen LogP contribution in [0.5, 0.6) is 0 Å². The van der Waals surface area contributed by atoms with E-state index in [0.29, 0.717) is 5.57 Å². The molecule has 1 unspecified atom stereocenters. The summed E-state index contributed by atoms with van der Waals surface area (Å²) in [6.45, 7) is 13.0. The number of hydrogen-bond donors (Lipinski definition) is 0. The van der Waals surface area contributed by atoms with E-state index in [1.165, 1.54) is 16.8 Å². The fourth-order valence-corrected chi connectivity index (χ4v) is 5.00. The topological polar surface area (TPSA) is 60.0 Å². The normalized spacial score (nSPS) is 23.6. The van der Waals surface area contributed by atoms with Crippen LogP contribution in [0, 0.1) is 28.6 Å². The van der Waals surface area contributed by atoms with Crippen LogP contribution in [-0.4, -0.2) is 13.1 Å². The predicted molar refractivity (Wildman–Crippen MR) is 114 cm³/mol.